The standard InChI is InChI=1S/C17H20N2O3S/c1-11-15(23-12(2)19-11)9-10-18-16(20)8-7-13-5-3-4-6-14(13)17(21)22/h3-6H,7-10H2,1-2H3,(H,18,20)(H,21,22). The number of amides is 1. The van der Waals surface area contributed by atoms with Gasteiger partial charge in [0.25, 0.3) is 0 Å². The van der Waals surface area contributed by atoms with E-state index in [0.29, 0.717) is 18.5 Å². The maximum Gasteiger partial charge on any atom is 0.335 e. The van der Waals surface area contributed by atoms with Gasteiger partial charge in [-0.2, -0.15) is 0 Å². The topological polar surface area (TPSA) is 79.3 Å². The van der Waals surface area contributed by atoms with Gasteiger partial charge in [0.2, 0.25) is 5.91 Å². The second kappa shape index (κ2) is 7.87. The van der Waals surface area contributed by atoms with Crippen LogP contribution in [0.2, 0.25) is 0 Å². The fraction of sp³-hybridized carbons (Fsp3) is 0.353. The molecule has 2 aromatic rings. The van der Waals surface area contributed by atoms with E-state index in [1.54, 1.807) is 35.6 Å². The van der Waals surface area contributed by atoms with Gasteiger partial charge in [0.15, 0.2) is 0 Å². The van der Waals surface area contributed by atoms with Gasteiger partial charge < -0.3 is 10.4 Å². The number of carbonyl (C=O) groups excluding carboxylic acids is 1. The highest BCUT2D eigenvalue weighted by Gasteiger charge is 2.11. The van der Waals surface area contributed by atoms with Gasteiger partial charge in [-0.3, -0.25) is 4.79 Å². The molecule has 6 heteroatoms. The lowest BCUT2D eigenvalue weighted by atomic mass is 10.0. The summed E-state index contributed by atoms with van der Waals surface area (Å²) < 4.78 is 0. The van der Waals surface area contributed by atoms with Gasteiger partial charge in [0, 0.05) is 24.3 Å². The Morgan fingerprint density at radius 3 is 2.61 bits per heavy atom. The molecule has 0 fully saturated rings. The molecule has 0 spiro atoms. The molecular formula is C17H20N2O3S. The molecule has 23 heavy (non-hydrogen) atoms. The molecule has 0 atom stereocenters. The van der Waals surface area contributed by atoms with E-state index in [-0.39, 0.29) is 17.9 Å². The van der Waals surface area contributed by atoms with Gasteiger partial charge in [0.1, 0.15) is 0 Å². The Morgan fingerprint density at radius 1 is 1.22 bits per heavy atom. The van der Waals surface area contributed by atoms with Crippen LogP contribution in [0.4, 0.5) is 0 Å². The van der Waals surface area contributed by atoms with E-state index in [0.717, 1.165) is 17.1 Å². The average Bonchev–Trinajstić information content (AvgIpc) is 2.83. The first kappa shape index (κ1) is 17.1. The molecule has 5 nitrogen and oxygen atoms in total. The molecule has 0 saturated carbocycles. The van der Waals surface area contributed by atoms with Crippen molar-refractivity contribution in [3.05, 3.63) is 51.0 Å². The van der Waals surface area contributed by atoms with Crippen LogP contribution in [-0.2, 0) is 17.6 Å². The maximum absolute atomic E-state index is 11.9. The van der Waals surface area contributed by atoms with Crippen molar-refractivity contribution in [1.29, 1.82) is 0 Å². The van der Waals surface area contributed by atoms with Crippen molar-refractivity contribution >= 4 is 23.2 Å². The summed E-state index contributed by atoms with van der Waals surface area (Å²) in [5.41, 5.74) is 1.97. The number of benzene rings is 1. The van der Waals surface area contributed by atoms with E-state index in [1.807, 2.05) is 13.8 Å². The van der Waals surface area contributed by atoms with Crippen molar-refractivity contribution in [3.63, 3.8) is 0 Å². The highest BCUT2D eigenvalue weighted by molar-refractivity contribution is 7.11. The number of carboxylic acids is 1. The molecule has 0 aliphatic heterocycles. The highest BCUT2D eigenvalue weighted by Crippen LogP contribution is 2.17. The predicted octanol–water partition coefficient (Wildman–Crippen LogP) is 2.75. The first-order valence-corrected chi connectivity index (χ1v) is 8.30. The number of hydrogen-bond acceptors (Lipinski definition) is 4. The lowest BCUT2D eigenvalue weighted by Gasteiger charge is -2.07. The molecule has 1 amide bonds. The predicted molar refractivity (Wildman–Crippen MR) is 90.0 cm³/mol. The van der Waals surface area contributed by atoms with Crippen molar-refractivity contribution in [2.75, 3.05) is 6.54 Å². The Bertz CT molecular complexity index is 710. The van der Waals surface area contributed by atoms with Crippen LogP contribution in [0.15, 0.2) is 24.3 Å². The van der Waals surface area contributed by atoms with Crippen molar-refractivity contribution in [2.45, 2.75) is 33.1 Å². The van der Waals surface area contributed by atoms with E-state index in [1.165, 1.54) is 4.88 Å². The first-order chi connectivity index (χ1) is 11.0. The lowest BCUT2D eigenvalue weighted by Crippen LogP contribution is -2.26. The second-order valence-electron chi connectivity index (χ2n) is 5.30. The van der Waals surface area contributed by atoms with Crippen LogP contribution in [0.25, 0.3) is 0 Å². The van der Waals surface area contributed by atoms with Gasteiger partial charge in [-0.25, -0.2) is 9.78 Å². The third-order valence-electron chi connectivity index (χ3n) is 3.54. The Hall–Kier alpha value is -2.21. The Morgan fingerprint density at radius 2 is 1.96 bits per heavy atom. The summed E-state index contributed by atoms with van der Waals surface area (Å²) in [4.78, 5) is 28.6. The fourth-order valence-electron chi connectivity index (χ4n) is 2.40. The molecule has 0 radical (unpaired) electrons. The molecular weight excluding hydrogens is 312 g/mol. The monoisotopic (exact) mass is 332 g/mol. The lowest BCUT2D eigenvalue weighted by molar-refractivity contribution is -0.121. The van der Waals surface area contributed by atoms with Crippen LogP contribution in [0.5, 0.6) is 0 Å². The van der Waals surface area contributed by atoms with Gasteiger partial charge in [-0.1, -0.05) is 18.2 Å². The van der Waals surface area contributed by atoms with E-state index in [9.17, 15) is 9.59 Å². The molecule has 2 N–H and O–H groups in total. The van der Waals surface area contributed by atoms with Gasteiger partial charge in [-0.15, -0.1) is 11.3 Å². The quantitative estimate of drug-likeness (QED) is 0.817. The minimum atomic E-state index is -0.961. The summed E-state index contributed by atoms with van der Waals surface area (Å²) in [6.45, 7) is 4.52. The van der Waals surface area contributed by atoms with E-state index < -0.39 is 5.97 Å². The molecule has 0 unspecified atom stereocenters. The van der Waals surface area contributed by atoms with Crippen molar-refractivity contribution in [1.82, 2.24) is 10.3 Å². The van der Waals surface area contributed by atoms with Crippen molar-refractivity contribution < 1.29 is 14.7 Å². The number of aryl methyl sites for hydroxylation is 3. The van der Waals surface area contributed by atoms with Gasteiger partial charge >= 0.3 is 5.97 Å². The maximum atomic E-state index is 11.9. The Kier molecular flexibility index (Phi) is 5.87. The molecule has 0 bridgehead atoms. The molecule has 0 aliphatic rings. The van der Waals surface area contributed by atoms with Crippen LogP contribution in [0.1, 0.15) is 37.9 Å². The fourth-order valence-corrected chi connectivity index (χ4v) is 3.34. The molecule has 1 heterocycles. The molecule has 1 aromatic carbocycles. The van der Waals surface area contributed by atoms with Crippen LogP contribution < -0.4 is 5.32 Å². The van der Waals surface area contributed by atoms with Crippen LogP contribution >= 0.6 is 11.3 Å². The molecule has 0 saturated heterocycles. The van der Waals surface area contributed by atoms with Crippen molar-refractivity contribution in [3.8, 4) is 0 Å². The SMILES string of the molecule is Cc1nc(C)c(CCNC(=O)CCc2ccccc2C(=O)O)s1. The largest absolute Gasteiger partial charge is 0.478 e. The van der Waals surface area contributed by atoms with Crippen LogP contribution in [0.3, 0.4) is 0 Å². The minimum Gasteiger partial charge on any atom is -0.478 e. The number of nitrogens with zero attached hydrogens (tertiary/aromatic N) is 1. The van der Waals surface area contributed by atoms with Crippen molar-refractivity contribution in [2.24, 2.45) is 0 Å². The van der Waals surface area contributed by atoms with Crippen LogP contribution in [0, 0.1) is 13.8 Å². The number of aromatic carboxylic acids is 1. The zero-order valence-electron chi connectivity index (χ0n) is 13.3. The zero-order chi connectivity index (χ0) is 16.8. The second-order valence-corrected chi connectivity index (χ2v) is 6.59. The zero-order valence-corrected chi connectivity index (χ0v) is 14.1. The third kappa shape index (κ3) is 4.89. The van der Waals surface area contributed by atoms with E-state index >= 15 is 0 Å². The Balaban J connectivity index is 1.80. The summed E-state index contributed by atoms with van der Waals surface area (Å²) in [6.07, 6.45) is 1.48. The molecule has 122 valence electrons. The summed E-state index contributed by atoms with van der Waals surface area (Å²) >= 11 is 1.65. The third-order valence-corrected chi connectivity index (χ3v) is 4.68. The number of nitrogens with one attached hydrogen (secondary N) is 1. The molecule has 0 aliphatic carbocycles. The minimum absolute atomic E-state index is 0.0657. The number of hydrogen-bond donors (Lipinski definition) is 2. The number of carbonyl (C=O) groups is 2. The van der Waals surface area contributed by atoms with Gasteiger partial charge in [0.05, 0.1) is 16.3 Å². The molecule has 2 rings (SSSR count). The molecule has 1 aromatic heterocycles. The first-order valence-electron chi connectivity index (χ1n) is 7.48. The summed E-state index contributed by atoms with van der Waals surface area (Å²) in [5.74, 6) is -1.03. The average molecular weight is 332 g/mol. The van der Waals surface area contributed by atoms with Gasteiger partial charge in [-0.05, 0) is 31.9 Å². The van der Waals surface area contributed by atoms with Crippen LogP contribution in [-0.4, -0.2) is 28.5 Å². The summed E-state index contributed by atoms with van der Waals surface area (Å²) in [6, 6.07) is 6.78. The summed E-state index contributed by atoms with van der Waals surface area (Å²) in [7, 11) is 0. The van der Waals surface area contributed by atoms with E-state index in [4.69, 9.17) is 5.11 Å². The normalized spacial score (nSPS) is 10.5. The number of rotatable bonds is 7. The number of thiazole rings is 1. The highest BCUT2D eigenvalue weighted by atomic mass is 32.1. The Labute approximate surface area is 139 Å². The number of aromatic nitrogens is 1. The number of carboxylic acid groups (broad SMARTS) is 1. The smallest absolute Gasteiger partial charge is 0.335 e. The van der Waals surface area contributed by atoms with E-state index in [2.05, 4.69) is 10.3 Å². The summed E-state index contributed by atoms with van der Waals surface area (Å²) in [5, 5.41) is 13.0.